The summed E-state index contributed by atoms with van der Waals surface area (Å²) in [6.45, 7) is 1.17. The van der Waals surface area contributed by atoms with Crippen LogP contribution in [0.5, 0.6) is 0 Å². The van der Waals surface area contributed by atoms with Crippen molar-refractivity contribution in [1.29, 1.82) is 0 Å². The number of halogens is 1. The number of nitrogens with zero attached hydrogens (tertiary/aromatic N) is 2. The molecule has 2 nitrogen and oxygen atoms in total. The molecule has 1 aromatic rings. The molecule has 0 bridgehead atoms. The van der Waals surface area contributed by atoms with Crippen LogP contribution in [0, 0.1) is 3.70 Å². The molecule has 0 saturated heterocycles. The third-order valence-corrected chi connectivity index (χ3v) is 2.15. The summed E-state index contributed by atoms with van der Waals surface area (Å²) in [7, 11) is 0. The molecular formula is C6H7IN2. The number of aromatic nitrogens is 2. The van der Waals surface area contributed by atoms with E-state index in [1.807, 2.05) is 0 Å². The second-order valence-corrected chi connectivity index (χ2v) is 3.38. The molecule has 48 valence electrons. The molecule has 1 aliphatic rings. The van der Waals surface area contributed by atoms with Crippen molar-refractivity contribution < 1.29 is 0 Å². The Morgan fingerprint density at radius 3 is 3.33 bits per heavy atom. The molecule has 2 heterocycles. The zero-order valence-corrected chi connectivity index (χ0v) is 7.13. The molecule has 1 aliphatic heterocycles. The van der Waals surface area contributed by atoms with E-state index in [1.54, 1.807) is 0 Å². The Morgan fingerprint density at radius 1 is 1.67 bits per heavy atom. The smallest absolute Gasteiger partial charge is 0.119 e. The number of hydrogen-bond acceptors (Lipinski definition) is 1. The van der Waals surface area contributed by atoms with Gasteiger partial charge in [-0.25, -0.2) is 4.98 Å². The summed E-state index contributed by atoms with van der Waals surface area (Å²) in [5.74, 6) is 1.26. The zero-order valence-electron chi connectivity index (χ0n) is 4.97. The summed E-state index contributed by atoms with van der Waals surface area (Å²) < 4.78 is 3.36. The van der Waals surface area contributed by atoms with Gasteiger partial charge in [0, 0.05) is 19.2 Å². The van der Waals surface area contributed by atoms with E-state index in [2.05, 4.69) is 38.3 Å². The van der Waals surface area contributed by atoms with Crippen molar-refractivity contribution in [2.75, 3.05) is 0 Å². The molecule has 0 amide bonds. The molecule has 0 fully saturated rings. The first-order chi connectivity index (χ1) is 4.36. The van der Waals surface area contributed by atoms with Crippen LogP contribution in [0.4, 0.5) is 0 Å². The van der Waals surface area contributed by atoms with Gasteiger partial charge in [0.05, 0.1) is 0 Å². The standard InChI is InChI=1S/C6H7IN2/c7-5-4-9-3-1-2-6(9)8-5/h4H,1-3H2. The van der Waals surface area contributed by atoms with Gasteiger partial charge >= 0.3 is 0 Å². The van der Waals surface area contributed by atoms with E-state index in [0.717, 1.165) is 3.70 Å². The Morgan fingerprint density at radius 2 is 2.56 bits per heavy atom. The molecule has 0 aliphatic carbocycles. The van der Waals surface area contributed by atoms with Gasteiger partial charge in [-0.15, -0.1) is 0 Å². The third-order valence-electron chi connectivity index (χ3n) is 1.63. The Labute approximate surface area is 67.4 Å². The van der Waals surface area contributed by atoms with Gasteiger partial charge < -0.3 is 4.57 Å². The van der Waals surface area contributed by atoms with Crippen LogP contribution >= 0.6 is 22.6 Å². The first-order valence-corrected chi connectivity index (χ1v) is 4.16. The minimum absolute atomic E-state index is 1.13. The normalized spacial score (nSPS) is 16.1. The van der Waals surface area contributed by atoms with E-state index in [1.165, 1.54) is 25.2 Å². The minimum Gasteiger partial charge on any atom is -0.334 e. The van der Waals surface area contributed by atoms with Crippen molar-refractivity contribution in [1.82, 2.24) is 9.55 Å². The molecule has 0 aromatic carbocycles. The lowest BCUT2D eigenvalue weighted by Gasteiger charge is -1.88. The van der Waals surface area contributed by atoms with Gasteiger partial charge in [0.1, 0.15) is 9.53 Å². The quantitative estimate of drug-likeness (QED) is 0.621. The second kappa shape index (κ2) is 1.97. The molecule has 0 saturated carbocycles. The molecule has 0 unspecified atom stereocenters. The highest BCUT2D eigenvalue weighted by Gasteiger charge is 2.11. The Hall–Kier alpha value is -0.0600. The number of aryl methyl sites for hydroxylation is 2. The molecule has 2 rings (SSSR count). The summed E-state index contributed by atoms with van der Waals surface area (Å²) in [5.41, 5.74) is 0. The maximum absolute atomic E-state index is 4.34. The lowest BCUT2D eigenvalue weighted by Crippen LogP contribution is -1.87. The average Bonchev–Trinajstić information content (AvgIpc) is 2.22. The summed E-state index contributed by atoms with van der Waals surface area (Å²) in [5, 5.41) is 0. The minimum atomic E-state index is 1.13. The fourth-order valence-corrected chi connectivity index (χ4v) is 1.83. The maximum Gasteiger partial charge on any atom is 0.119 e. The van der Waals surface area contributed by atoms with Gasteiger partial charge in [0.2, 0.25) is 0 Å². The van der Waals surface area contributed by atoms with E-state index in [4.69, 9.17) is 0 Å². The fraction of sp³-hybridized carbons (Fsp3) is 0.500. The third kappa shape index (κ3) is 0.870. The molecule has 0 radical (unpaired) electrons. The van der Waals surface area contributed by atoms with Crippen molar-refractivity contribution >= 4 is 22.6 Å². The molecule has 3 heteroatoms. The van der Waals surface area contributed by atoms with Crippen molar-refractivity contribution in [3.8, 4) is 0 Å². The number of hydrogen-bond donors (Lipinski definition) is 0. The molecule has 0 spiro atoms. The Kier molecular flexibility index (Phi) is 1.25. The van der Waals surface area contributed by atoms with Gasteiger partial charge in [0.25, 0.3) is 0 Å². The van der Waals surface area contributed by atoms with Crippen LogP contribution in [-0.4, -0.2) is 9.55 Å². The summed E-state index contributed by atoms with van der Waals surface area (Å²) >= 11 is 2.25. The maximum atomic E-state index is 4.34. The van der Waals surface area contributed by atoms with Crippen LogP contribution in [0.1, 0.15) is 12.2 Å². The monoisotopic (exact) mass is 234 g/mol. The predicted molar refractivity (Wildman–Crippen MR) is 43.3 cm³/mol. The zero-order chi connectivity index (χ0) is 6.27. The number of imidazole rings is 1. The molecule has 0 atom stereocenters. The lowest BCUT2D eigenvalue weighted by molar-refractivity contribution is 0.748. The second-order valence-electron chi connectivity index (χ2n) is 2.28. The summed E-state index contributed by atoms with van der Waals surface area (Å²) in [6, 6.07) is 0. The van der Waals surface area contributed by atoms with Gasteiger partial charge in [-0.2, -0.15) is 0 Å². The van der Waals surface area contributed by atoms with Crippen LogP contribution in [-0.2, 0) is 13.0 Å². The van der Waals surface area contributed by atoms with Gasteiger partial charge in [-0.3, -0.25) is 0 Å². The van der Waals surface area contributed by atoms with Crippen LogP contribution in [0.3, 0.4) is 0 Å². The number of fused-ring (bicyclic) bond motifs is 1. The van der Waals surface area contributed by atoms with Crippen LogP contribution in [0.2, 0.25) is 0 Å². The van der Waals surface area contributed by atoms with E-state index in [-0.39, 0.29) is 0 Å². The molecule has 0 N–H and O–H groups in total. The Bertz CT molecular complexity index is 207. The van der Waals surface area contributed by atoms with Crippen molar-refractivity contribution in [2.45, 2.75) is 19.4 Å². The summed E-state index contributed by atoms with van der Waals surface area (Å²) in [6.07, 6.45) is 4.56. The largest absolute Gasteiger partial charge is 0.334 e. The van der Waals surface area contributed by atoms with Crippen LogP contribution in [0.25, 0.3) is 0 Å². The van der Waals surface area contributed by atoms with Gasteiger partial charge in [0.15, 0.2) is 0 Å². The highest BCUT2D eigenvalue weighted by atomic mass is 127. The van der Waals surface area contributed by atoms with Gasteiger partial charge in [-0.05, 0) is 29.0 Å². The fourth-order valence-electron chi connectivity index (χ4n) is 1.22. The van der Waals surface area contributed by atoms with E-state index in [9.17, 15) is 0 Å². The van der Waals surface area contributed by atoms with Crippen LogP contribution in [0.15, 0.2) is 6.20 Å². The van der Waals surface area contributed by atoms with Crippen molar-refractivity contribution in [3.05, 3.63) is 15.7 Å². The molecule has 9 heavy (non-hydrogen) atoms. The Balaban J connectivity index is 2.51. The van der Waals surface area contributed by atoms with Crippen molar-refractivity contribution in [2.24, 2.45) is 0 Å². The first kappa shape index (κ1) is 5.70. The van der Waals surface area contributed by atoms with Gasteiger partial charge in [-0.1, -0.05) is 0 Å². The molecular weight excluding hydrogens is 227 g/mol. The highest BCUT2D eigenvalue weighted by molar-refractivity contribution is 14.1. The predicted octanol–water partition coefficient (Wildman–Crippen LogP) is 1.43. The van der Waals surface area contributed by atoms with Crippen molar-refractivity contribution in [3.63, 3.8) is 0 Å². The van der Waals surface area contributed by atoms with Crippen LogP contribution < -0.4 is 0 Å². The van der Waals surface area contributed by atoms with E-state index < -0.39 is 0 Å². The van der Waals surface area contributed by atoms with E-state index >= 15 is 0 Å². The van der Waals surface area contributed by atoms with E-state index in [0.29, 0.717) is 0 Å². The number of rotatable bonds is 0. The first-order valence-electron chi connectivity index (χ1n) is 3.08. The lowest BCUT2D eigenvalue weighted by atomic mass is 10.4. The molecule has 1 aromatic heterocycles. The average molecular weight is 234 g/mol. The topological polar surface area (TPSA) is 17.8 Å². The SMILES string of the molecule is Ic1cn2c(n1)CCC2. The summed E-state index contributed by atoms with van der Waals surface area (Å²) in [4.78, 5) is 4.34. The highest BCUT2D eigenvalue weighted by Crippen LogP contribution is 2.14.